The molecule has 1 aromatic carbocycles. The Morgan fingerprint density at radius 2 is 1.96 bits per heavy atom. The van der Waals surface area contributed by atoms with Gasteiger partial charge in [-0.15, -0.1) is 0 Å². The predicted molar refractivity (Wildman–Crippen MR) is 108 cm³/mol. The average Bonchev–Trinajstić information content (AvgIpc) is 3.11. The Hall–Kier alpha value is -2.57. The molecule has 2 aromatic heterocycles. The number of aromatic nitrogens is 2. The van der Waals surface area contributed by atoms with Crippen LogP contribution in [-0.4, -0.2) is 59.7 Å². The summed E-state index contributed by atoms with van der Waals surface area (Å²) in [6.45, 7) is 7.74. The standard InChI is InChI=1S/C21H25N5O/c1-15-2-3-17-12-19(15)18-4-8-26-9-5-20(24-21(18)26)23-7-11-25-10-6-22-13-16(25)14-27-17/h2-5,8-9,12,16,22H,6-7,10-11,13-14H2,1H3,(H,23,24)/t16-/m1/s1. The zero-order chi connectivity index (χ0) is 18.2. The van der Waals surface area contributed by atoms with Crippen molar-refractivity contribution in [2.45, 2.75) is 13.0 Å². The van der Waals surface area contributed by atoms with Gasteiger partial charge in [0.1, 0.15) is 23.8 Å². The topological polar surface area (TPSA) is 53.8 Å². The number of nitrogens with one attached hydrogen (secondary N) is 2. The molecule has 0 spiro atoms. The van der Waals surface area contributed by atoms with Crippen LogP contribution >= 0.6 is 0 Å². The minimum Gasteiger partial charge on any atom is -0.492 e. The second-order valence-corrected chi connectivity index (χ2v) is 7.38. The second kappa shape index (κ2) is 6.87. The van der Waals surface area contributed by atoms with Gasteiger partial charge in [-0.2, -0.15) is 0 Å². The van der Waals surface area contributed by atoms with E-state index in [2.05, 4.69) is 63.5 Å². The molecule has 1 atom stereocenters. The van der Waals surface area contributed by atoms with Gasteiger partial charge in [0, 0.05) is 50.7 Å². The molecule has 2 aliphatic rings. The lowest BCUT2D eigenvalue weighted by atomic mass is 10.0. The molecule has 4 heterocycles. The molecule has 1 fully saturated rings. The maximum Gasteiger partial charge on any atom is 0.147 e. The van der Waals surface area contributed by atoms with Gasteiger partial charge in [0.05, 0.1) is 6.04 Å². The monoisotopic (exact) mass is 363 g/mol. The van der Waals surface area contributed by atoms with Crippen molar-refractivity contribution in [3.63, 3.8) is 0 Å². The number of rotatable bonds is 0. The van der Waals surface area contributed by atoms with Crippen LogP contribution in [-0.2, 0) is 0 Å². The fourth-order valence-corrected chi connectivity index (χ4v) is 4.05. The number of aryl methyl sites for hydroxylation is 1. The molecule has 4 bridgehead atoms. The number of ether oxygens (including phenoxy) is 1. The Labute approximate surface area is 159 Å². The van der Waals surface area contributed by atoms with Gasteiger partial charge in [-0.05, 0) is 42.3 Å². The van der Waals surface area contributed by atoms with E-state index in [1.807, 2.05) is 6.07 Å². The molecule has 0 aliphatic carbocycles. The predicted octanol–water partition coefficient (Wildman–Crippen LogP) is 2.39. The average molecular weight is 363 g/mol. The van der Waals surface area contributed by atoms with Crippen LogP contribution < -0.4 is 15.4 Å². The lowest BCUT2D eigenvalue weighted by molar-refractivity contribution is 0.115. The first kappa shape index (κ1) is 16.6. The summed E-state index contributed by atoms with van der Waals surface area (Å²) >= 11 is 0. The molecule has 0 radical (unpaired) electrons. The molecule has 2 N–H and O–H groups in total. The first-order chi connectivity index (χ1) is 13.3. The lowest BCUT2D eigenvalue weighted by Crippen LogP contribution is -2.54. The number of fused-ring (bicyclic) bond motifs is 5. The van der Waals surface area contributed by atoms with Crippen LogP contribution in [0.3, 0.4) is 0 Å². The lowest BCUT2D eigenvalue weighted by Gasteiger charge is -2.36. The fraction of sp³-hybridized carbons (Fsp3) is 0.381. The largest absolute Gasteiger partial charge is 0.492 e. The number of hydrogen-bond acceptors (Lipinski definition) is 5. The summed E-state index contributed by atoms with van der Waals surface area (Å²) in [5, 5.41) is 6.99. The van der Waals surface area contributed by atoms with Crippen LogP contribution in [0.4, 0.5) is 5.82 Å². The minimum atomic E-state index is 0.383. The van der Waals surface area contributed by atoms with Crippen molar-refractivity contribution in [2.24, 2.45) is 0 Å². The van der Waals surface area contributed by atoms with Crippen LogP contribution in [0.2, 0.25) is 0 Å². The molecule has 2 aliphatic heterocycles. The van der Waals surface area contributed by atoms with E-state index in [-0.39, 0.29) is 0 Å². The number of hydrogen-bond donors (Lipinski definition) is 2. The summed E-state index contributed by atoms with van der Waals surface area (Å²) in [6, 6.07) is 10.9. The van der Waals surface area contributed by atoms with Crippen LogP contribution in [0.5, 0.6) is 5.75 Å². The quantitative estimate of drug-likeness (QED) is 0.642. The third-order valence-electron chi connectivity index (χ3n) is 5.63. The maximum absolute atomic E-state index is 6.21. The summed E-state index contributed by atoms with van der Waals surface area (Å²) in [6.07, 6.45) is 4.14. The van der Waals surface area contributed by atoms with Gasteiger partial charge in [-0.3, -0.25) is 4.90 Å². The van der Waals surface area contributed by atoms with Gasteiger partial charge in [0.15, 0.2) is 0 Å². The van der Waals surface area contributed by atoms with Crippen molar-refractivity contribution < 1.29 is 4.74 Å². The first-order valence-corrected chi connectivity index (χ1v) is 9.68. The van der Waals surface area contributed by atoms with Gasteiger partial charge in [0.25, 0.3) is 0 Å². The molecule has 27 heavy (non-hydrogen) atoms. The van der Waals surface area contributed by atoms with Gasteiger partial charge in [-0.1, -0.05) is 6.07 Å². The maximum atomic E-state index is 6.21. The zero-order valence-electron chi connectivity index (χ0n) is 15.6. The van der Waals surface area contributed by atoms with E-state index in [1.165, 1.54) is 11.1 Å². The highest BCUT2D eigenvalue weighted by Crippen LogP contribution is 2.31. The van der Waals surface area contributed by atoms with Crippen LogP contribution in [0.15, 0.2) is 42.7 Å². The van der Waals surface area contributed by atoms with Crippen molar-refractivity contribution in [1.29, 1.82) is 0 Å². The van der Waals surface area contributed by atoms with E-state index >= 15 is 0 Å². The third-order valence-corrected chi connectivity index (χ3v) is 5.63. The molecule has 140 valence electrons. The van der Waals surface area contributed by atoms with Crippen molar-refractivity contribution in [1.82, 2.24) is 19.6 Å². The van der Waals surface area contributed by atoms with Crippen molar-refractivity contribution in [3.05, 3.63) is 48.3 Å². The normalized spacial score (nSPS) is 20.6. The zero-order valence-corrected chi connectivity index (χ0v) is 15.6. The highest BCUT2D eigenvalue weighted by molar-refractivity contribution is 5.81. The fourth-order valence-electron chi connectivity index (χ4n) is 4.05. The van der Waals surface area contributed by atoms with Gasteiger partial charge in [0.2, 0.25) is 0 Å². The molecule has 0 amide bonds. The summed E-state index contributed by atoms with van der Waals surface area (Å²) in [4.78, 5) is 7.39. The van der Waals surface area contributed by atoms with Gasteiger partial charge in [-0.25, -0.2) is 4.98 Å². The molecular weight excluding hydrogens is 338 g/mol. The summed E-state index contributed by atoms with van der Waals surface area (Å²) in [7, 11) is 0. The molecule has 1 saturated heterocycles. The Kier molecular flexibility index (Phi) is 4.22. The Balaban J connectivity index is 1.59. The number of nitrogens with zero attached hydrogens (tertiary/aromatic N) is 3. The van der Waals surface area contributed by atoms with Crippen LogP contribution in [0.1, 0.15) is 5.56 Å². The molecule has 0 saturated carbocycles. The summed E-state index contributed by atoms with van der Waals surface area (Å²) in [5.74, 6) is 1.85. The SMILES string of the molecule is Cc1ccc2cc1-c1ccn3ccc(nc13)NCCN1CCNC[C@@H]1CO2. The van der Waals surface area contributed by atoms with Gasteiger partial charge < -0.3 is 19.8 Å². The van der Waals surface area contributed by atoms with Crippen molar-refractivity contribution in [3.8, 4) is 16.9 Å². The van der Waals surface area contributed by atoms with E-state index in [1.54, 1.807) is 0 Å². The van der Waals surface area contributed by atoms with Gasteiger partial charge >= 0.3 is 0 Å². The van der Waals surface area contributed by atoms with E-state index in [4.69, 9.17) is 9.72 Å². The van der Waals surface area contributed by atoms with E-state index < -0.39 is 0 Å². The summed E-state index contributed by atoms with van der Waals surface area (Å²) < 4.78 is 8.29. The Morgan fingerprint density at radius 3 is 2.93 bits per heavy atom. The third kappa shape index (κ3) is 3.15. The number of anilines is 1. The molecule has 5 rings (SSSR count). The Bertz CT molecular complexity index is 966. The highest BCUT2D eigenvalue weighted by Gasteiger charge is 2.23. The van der Waals surface area contributed by atoms with Crippen molar-refractivity contribution >= 4 is 11.5 Å². The van der Waals surface area contributed by atoms with E-state index in [9.17, 15) is 0 Å². The van der Waals surface area contributed by atoms with Crippen LogP contribution in [0, 0.1) is 6.92 Å². The van der Waals surface area contributed by atoms with E-state index in [0.29, 0.717) is 12.6 Å². The van der Waals surface area contributed by atoms with E-state index in [0.717, 1.165) is 55.5 Å². The molecule has 3 aromatic rings. The smallest absolute Gasteiger partial charge is 0.147 e. The van der Waals surface area contributed by atoms with Crippen molar-refractivity contribution in [2.75, 3.05) is 44.6 Å². The molecule has 6 heteroatoms. The summed E-state index contributed by atoms with van der Waals surface area (Å²) in [5.41, 5.74) is 4.51. The first-order valence-electron chi connectivity index (χ1n) is 9.68. The minimum absolute atomic E-state index is 0.383. The van der Waals surface area contributed by atoms with Crippen LogP contribution in [0.25, 0.3) is 16.8 Å². The number of piperazine rings is 1. The highest BCUT2D eigenvalue weighted by atomic mass is 16.5. The molecule has 6 nitrogen and oxygen atoms in total. The second-order valence-electron chi connectivity index (χ2n) is 7.38. The Morgan fingerprint density at radius 1 is 1.07 bits per heavy atom. The number of benzene rings is 1. The molecular formula is C21H25N5O. The molecule has 0 unspecified atom stereocenters.